The third-order valence-electron chi connectivity index (χ3n) is 5.59. The standard InChI is InChI=1S/C22H29N5S/c1-27(2)21-11-12-24-22(26-21)25-18-9-7-16(8-10-18)13-23-14-17-15-28-20-6-4-3-5-19(17)20/h3-6,11-12,15-16,18,23H,7-10,13-14H2,1-2H3,(H,24,25,26). The number of benzene rings is 1. The molecule has 0 unspecified atom stereocenters. The molecule has 5 nitrogen and oxygen atoms in total. The fraction of sp³-hybridized carbons (Fsp3) is 0.455. The number of anilines is 2. The summed E-state index contributed by atoms with van der Waals surface area (Å²) in [6.07, 6.45) is 6.70. The maximum Gasteiger partial charge on any atom is 0.224 e. The zero-order chi connectivity index (χ0) is 19.3. The molecule has 1 aromatic carbocycles. The van der Waals surface area contributed by atoms with Crippen molar-refractivity contribution in [1.82, 2.24) is 15.3 Å². The van der Waals surface area contributed by atoms with Crippen LogP contribution in [0.5, 0.6) is 0 Å². The highest BCUT2D eigenvalue weighted by Crippen LogP contribution is 2.27. The van der Waals surface area contributed by atoms with Crippen molar-refractivity contribution in [1.29, 1.82) is 0 Å². The molecule has 1 saturated carbocycles. The molecule has 1 aliphatic rings. The molecule has 0 atom stereocenters. The number of hydrogen-bond donors (Lipinski definition) is 2. The predicted octanol–water partition coefficient (Wildman–Crippen LogP) is 4.52. The number of rotatable bonds is 7. The van der Waals surface area contributed by atoms with E-state index in [2.05, 4.69) is 50.2 Å². The van der Waals surface area contributed by atoms with Gasteiger partial charge in [0.1, 0.15) is 5.82 Å². The molecule has 1 fully saturated rings. The molecular formula is C22H29N5S. The summed E-state index contributed by atoms with van der Waals surface area (Å²) in [6.45, 7) is 2.07. The van der Waals surface area contributed by atoms with Gasteiger partial charge in [-0.25, -0.2) is 4.98 Å². The Labute approximate surface area is 171 Å². The Hall–Kier alpha value is -2.18. The molecule has 1 aliphatic carbocycles. The summed E-state index contributed by atoms with van der Waals surface area (Å²) in [5.41, 5.74) is 1.42. The largest absolute Gasteiger partial charge is 0.363 e. The van der Waals surface area contributed by atoms with Gasteiger partial charge in [-0.1, -0.05) is 18.2 Å². The molecule has 0 amide bonds. The molecule has 2 N–H and O–H groups in total. The van der Waals surface area contributed by atoms with Crippen LogP contribution >= 0.6 is 11.3 Å². The normalized spacial score (nSPS) is 19.6. The van der Waals surface area contributed by atoms with Crippen molar-refractivity contribution in [2.75, 3.05) is 30.9 Å². The zero-order valence-electron chi connectivity index (χ0n) is 16.7. The number of fused-ring (bicyclic) bond motifs is 1. The van der Waals surface area contributed by atoms with E-state index in [1.807, 2.05) is 42.6 Å². The van der Waals surface area contributed by atoms with Gasteiger partial charge < -0.3 is 15.5 Å². The van der Waals surface area contributed by atoms with E-state index in [1.54, 1.807) is 0 Å². The molecule has 4 rings (SSSR count). The lowest BCUT2D eigenvalue weighted by Crippen LogP contribution is -2.31. The van der Waals surface area contributed by atoms with Crippen LogP contribution in [0, 0.1) is 5.92 Å². The molecule has 0 spiro atoms. The first-order chi connectivity index (χ1) is 13.7. The van der Waals surface area contributed by atoms with Gasteiger partial charge in [0.05, 0.1) is 0 Å². The molecule has 0 bridgehead atoms. The van der Waals surface area contributed by atoms with Gasteiger partial charge in [-0.3, -0.25) is 0 Å². The Morgan fingerprint density at radius 3 is 2.75 bits per heavy atom. The highest BCUT2D eigenvalue weighted by atomic mass is 32.1. The maximum absolute atomic E-state index is 4.58. The summed E-state index contributed by atoms with van der Waals surface area (Å²) in [5, 5.41) is 10.9. The minimum atomic E-state index is 0.481. The van der Waals surface area contributed by atoms with Crippen molar-refractivity contribution in [3.8, 4) is 0 Å². The molecule has 0 saturated heterocycles. The van der Waals surface area contributed by atoms with Crippen LogP contribution in [0.4, 0.5) is 11.8 Å². The number of nitrogens with one attached hydrogen (secondary N) is 2. The highest BCUT2D eigenvalue weighted by Gasteiger charge is 2.21. The summed E-state index contributed by atoms with van der Waals surface area (Å²) in [6, 6.07) is 11.1. The molecule has 28 heavy (non-hydrogen) atoms. The molecule has 2 heterocycles. The van der Waals surface area contributed by atoms with Crippen LogP contribution in [0.25, 0.3) is 10.1 Å². The predicted molar refractivity (Wildman–Crippen MR) is 119 cm³/mol. The zero-order valence-corrected chi connectivity index (χ0v) is 17.5. The second-order valence-corrected chi connectivity index (χ2v) is 8.79. The second kappa shape index (κ2) is 8.88. The summed E-state index contributed by atoms with van der Waals surface area (Å²) in [5.74, 6) is 2.45. The van der Waals surface area contributed by atoms with Gasteiger partial charge in [-0.05, 0) is 66.6 Å². The van der Waals surface area contributed by atoms with E-state index in [4.69, 9.17) is 0 Å². The van der Waals surface area contributed by atoms with Crippen LogP contribution in [0.1, 0.15) is 31.2 Å². The quantitative estimate of drug-likeness (QED) is 0.616. The average Bonchev–Trinajstić information content (AvgIpc) is 3.13. The maximum atomic E-state index is 4.58. The Morgan fingerprint density at radius 1 is 1.11 bits per heavy atom. The molecule has 2 aromatic heterocycles. The Balaban J connectivity index is 1.22. The highest BCUT2D eigenvalue weighted by molar-refractivity contribution is 7.17. The summed E-state index contributed by atoms with van der Waals surface area (Å²) in [4.78, 5) is 11.0. The van der Waals surface area contributed by atoms with E-state index >= 15 is 0 Å². The summed E-state index contributed by atoms with van der Waals surface area (Å²) >= 11 is 1.84. The van der Waals surface area contributed by atoms with E-state index in [0.29, 0.717) is 6.04 Å². The van der Waals surface area contributed by atoms with Gasteiger partial charge in [0, 0.05) is 37.6 Å². The fourth-order valence-electron chi connectivity index (χ4n) is 3.94. The molecule has 3 aromatic rings. The van der Waals surface area contributed by atoms with E-state index in [0.717, 1.165) is 30.8 Å². The Kier molecular flexibility index (Phi) is 6.07. The number of aromatic nitrogens is 2. The van der Waals surface area contributed by atoms with Crippen LogP contribution in [-0.2, 0) is 6.54 Å². The first-order valence-corrected chi connectivity index (χ1v) is 11.0. The van der Waals surface area contributed by atoms with Gasteiger partial charge in [-0.15, -0.1) is 11.3 Å². The Bertz CT molecular complexity index is 899. The first kappa shape index (κ1) is 19.2. The summed E-state index contributed by atoms with van der Waals surface area (Å²) < 4.78 is 1.38. The van der Waals surface area contributed by atoms with E-state index in [1.165, 1.54) is 41.3 Å². The van der Waals surface area contributed by atoms with Crippen LogP contribution in [0.15, 0.2) is 41.9 Å². The van der Waals surface area contributed by atoms with Crippen LogP contribution in [0.3, 0.4) is 0 Å². The topological polar surface area (TPSA) is 53.1 Å². The third-order valence-corrected chi connectivity index (χ3v) is 6.60. The van der Waals surface area contributed by atoms with Gasteiger partial charge in [-0.2, -0.15) is 4.98 Å². The third kappa shape index (κ3) is 4.62. The minimum Gasteiger partial charge on any atom is -0.363 e. The lowest BCUT2D eigenvalue weighted by molar-refractivity contribution is 0.324. The van der Waals surface area contributed by atoms with Gasteiger partial charge in [0.15, 0.2) is 0 Å². The molecule has 0 radical (unpaired) electrons. The molecular weight excluding hydrogens is 366 g/mol. The average molecular weight is 396 g/mol. The second-order valence-electron chi connectivity index (χ2n) is 7.88. The SMILES string of the molecule is CN(C)c1ccnc(NC2CCC(CNCc3csc4ccccc34)CC2)n1. The fourth-order valence-corrected chi connectivity index (χ4v) is 4.90. The van der Waals surface area contributed by atoms with Gasteiger partial charge in [0.2, 0.25) is 5.95 Å². The van der Waals surface area contributed by atoms with Crippen LogP contribution in [-0.4, -0.2) is 36.6 Å². The first-order valence-electron chi connectivity index (χ1n) is 10.1. The number of nitrogens with zero attached hydrogens (tertiary/aromatic N) is 3. The van der Waals surface area contributed by atoms with E-state index in [9.17, 15) is 0 Å². The molecule has 148 valence electrons. The minimum absolute atomic E-state index is 0.481. The van der Waals surface area contributed by atoms with Crippen molar-refractivity contribution >= 4 is 33.2 Å². The Morgan fingerprint density at radius 2 is 1.93 bits per heavy atom. The number of hydrogen-bond acceptors (Lipinski definition) is 6. The number of thiophene rings is 1. The van der Waals surface area contributed by atoms with Gasteiger partial charge in [0.25, 0.3) is 0 Å². The van der Waals surface area contributed by atoms with Crippen molar-refractivity contribution in [3.63, 3.8) is 0 Å². The summed E-state index contributed by atoms with van der Waals surface area (Å²) in [7, 11) is 4.01. The van der Waals surface area contributed by atoms with Gasteiger partial charge >= 0.3 is 0 Å². The lowest BCUT2D eigenvalue weighted by Gasteiger charge is -2.29. The van der Waals surface area contributed by atoms with Crippen molar-refractivity contribution in [3.05, 3.63) is 47.5 Å². The molecule has 0 aliphatic heterocycles. The molecule has 6 heteroatoms. The van der Waals surface area contributed by atoms with E-state index in [-0.39, 0.29) is 0 Å². The monoisotopic (exact) mass is 395 g/mol. The van der Waals surface area contributed by atoms with Crippen molar-refractivity contribution in [2.24, 2.45) is 5.92 Å². The lowest BCUT2D eigenvalue weighted by atomic mass is 9.86. The van der Waals surface area contributed by atoms with Crippen molar-refractivity contribution in [2.45, 2.75) is 38.3 Å². The van der Waals surface area contributed by atoms with Crippen molar-refractivity contribution < 1.29 is 0 Å². The van der Waals surface area contributed by atoms with E-state index < -0.39 is 0 Å². The van der Waals surface area contributed by atoms with Crippen LogP contribution in [0.2, 0.25) is 0 Å². The smallest absolute Gasteiger partial charge is 0.224 e. The van der Waals surface area contributed by atoms with Crippen LogP contribution < -0.4 is 15.5 Å².